The molecule has 1 aliphatic heterocycles. The smallest absolute Gasteiger partial charge is 0.251 e. The summed E-state index contributed by atoms with van der Waals surface area (Å²) in [5.41, 5.74) is 0.597. The minimum Gasteiger partial charge on any atom is -0.393 e. The molecule has 114 valence electrons. The molecule has 5 heteroatoms. The normalized spacial score (nSPS) is 21.9. The van der Waals surface area contributed by atoms with E-state index in [9.17, 15) is 14.7 Å². The number of carbonyl (C=O) groups excluding carboxylic acids is 2. The number of carbonyl (C=O) groups is 2. The summed E-state index contributed by atoms with van der Waals surface area (Å²) in [7, 11) is 0. The number of hydrogen-bond donors (Lipinski definition) is 2. The largest absolute Gasteiger partial charge is 0.393 e. The van der Waals surface area contributed by atoms with Crippen molar-refractivity contribution < 1.29 is 14.7 Å². The molecular weight excluding hydrogens is 268 g/mol. The van der Waals surface area contributed by atoms with Crippen LogP contribution in [0.15, 0.2) is 30.3 Å². The van der Waals surface area contributed by atoms with Crippen LogP contribution >= 0.6 is 0 Å². The van der Waals surface area contributed by atoms with Crippen molar-refractivity contribution in [3.05, 3.63) is 35.9 Å². The van der Waals surface area contributed by atoms with E-state index in [2.05, 4.69) is 5.32 Å². The first-order chi connectivity index (χ1) is 10.1. The second kappa shape index (κ2) is 7.22. The minimum atomic E-state index is -0.313. The van der Waals surface area contributed by atoms with Crippen LogP contribution < -0.4 is 5.32 Å². The van der Waals surface area contributed by atoms with Crippen LogP contribution in [0.1, 0.15) is 30.1 Å². The van der Waals surface area contributed by atoms with Crippen LogP contribution in [0, 0.1) is 5.92 Å². The van der Waals surface area contributed by atoms with E-state index < -0.39 is 0 Å². The zero-order chi connectivity index (χ0) is 15.2. The summed E-state index contributed by atoms with van der Waals surface area (Å²) in [6, 6.07) is 8.95. The Morgan fingerprint density at radius 2 is 2.05 bits per heavy atom. The van der Waals surface area contributed by atoms with Gasteiger partial charge in [-0.1, -0.05) is 25.1 Å². The molecule has 0 aliphatic carbocycles. The third-order valence-electron chi connectivity index (χ3n) is 3.87. The van der Waals surface area contributed by atoms with Gasteiger partial charge in [0.1, 0.15) is 0 Å². The molecule has 2 atom stereocenters. The lowest BCUT2D eigenvalue weighted by atomic mass is 9.96. The van der Waals surface area contributed by atoms with Gasteiger partial charge in [-0.2, -0.15) is 0 Å². The number of aliphatic hydroxyl groups is 1. The van der Waals surface area contributed by atoms with Crippen LogP contribution in [-0.4, -0.2) is 47.6 Å². The van der Waals surface area contributed by atoms with Crippen LogP contribution in [0.25, 0.3) is 0 Å². The summed E-state index contributed by atoms with van der Waals surface area (Å²) in [5, 5.41) is 12.4. The number of nitrogens with zero attached hydrogens (tertiary/aromatic N) is 1. The van der Waals surface area contributed by atoms with Crippen molar-refractivity contribution in [3.63, 3.8) is 0 Å². The second-order valence-electron chi connectivity index (χ2n) is 5.54. The lowest BCUT2D eigenvalue weighted by Gasteiger charge is -2.34. The highest BCUT2D eigenvalue weighted by atomic mass is 16.3. The number of amides is 2. The summed E-state index contributed by atoms with van der Waals surface area (Å²) in [4.78, 5) is 25.7. The number of rotatable bonds is 4. The highest BCUT2D eigenvalue weighted by Gasteiger charge is 2.26. The molecule has 0 spiro atoms. The van der Waals surface area contributed by atoms with Gasteiger partial charge in [0, 0.05) is 31.6 Å². The maximum Gasteiger partial charge on any atom is 0.251 e. The van der Waals surface area contributed by atoms with Crippen LogP contribution in [0.5, 0.6) is 0 Å². The van der Waals surface area contributed by atoms with E-state index in [0.29, 0.717) is 38.0 Å². The van der Waals surface area contributed by atoms with Gasteiger partial charge in [0.05, 0.1) is 6.10 Å². The number of nitrogens with one attached hydrogen (secondary N) is 1. The maximum atomic E-state index is 12.1. The molecular formula is C16H22N2O3. The Balaban J connectivity index is 1.73. The highest BCUT2D eigenvalue weighted by molar-refractivity contribution is 5.94. The number of aliphatic hydroxyl groups excluding tert-OH is 1. The molecule has 1 aromatic rings. The van der Waals surface area contributed by atoms with Gasteiger partial charge in [-0.15, -0.1) is 0 Å². The predicted octanol–water partition coefficient (Wildman–Crippen LogP) is 1.04. The van der Waals surface area contributed by atoms with E-state index in [-0.39, 0.29) is 23.8 Å². The molecule has 0 aromatic heterocycles. The Kier molecular flexibility index (Phi) is 5.33. The predicted molar refractivity (Wildman–Crippen MR) is 79.8 cm³/mol. The van der Waals surface area contributed by atoms with E-state index in [1.807, 2.05) is 13.0 Å². The number of benzene rings is 1. The number of piperidine rings is 1. The fourth-order valence-corrected chi connectivity index (χ4v) is 2.49. The zero-order valence-corrected chi connectivity index (χ0v) is 12.3. The molecule has 1 fully saturated rings. The Bertz CT molecular complexity index is 490. The van der Waals surface area contributed by atoms with Crippen molar-refractivity contribution in [2.45, 2.75) is 25.9 Å². The lowest BCUT2D eigenvalue weighted by molar-refractivity contribution is -0.134. The summed E-state index contributed by atoms with van der Waals surface area (Å²) < 4.78 is 0. The average molecular weight is 290 g/mol. The molecule has 2 N–H and O–H groups in total. The fraction of sp³-hybridized carbons (Fsp3) is 0.500. The first-order valence-corrected chi connectivity index (χ1v) is 7.37. The molecule has 2 rings (SSSR count). The van der Waals surface area contributed by atoms with Crippen LogP contribution in [0.3, 0.4) is 0 Å². The summed E-state index contributed by atoms with van der Waals surface area (Å²) in [6.07, 6.45) is 0.608. The molecule has 1 aliphatic rings. The maximum absolute atomic E-state index is 12.1. The lowest BCUT2D eigenvalue weighted by Crippen LogP contribution is -2.45. The summed E-state index contributed by atoms with van der Waals surface area (Å²) in [5.74, 6) is -0.0189. The van der Waals surface area contributed by atoms with Gasteiger partial charge in [0.2, 0.25) is 5.91 Å². The van der Waals surface area contributed by atoms with E-state index in [0.717, 1.165) is 0 Å². The molecule has 2 amide bonds. The Hall–Kier alpha value is -1.88. The van der Waals surface area contributed by atoms with Crippen molar-refractivity contribution >= 4 is 11.8 Å². The van der Waals surface area contributed by atoms with Gasteiger partial charge in [-0.25, -0.2) is 0 Å². The molecule has 1 aromatic carbocycles. The molecule has 1 saturated heterocycles. The Labute approximate surface area is 125 Å². The summed E-state index contributed by atoms with van der Waals surface area (Å²) in [6.45, 7) is 3.46. The van der Waals surface area contributed by atoms with Gasteiger partial charge in [0.25, 0.3) is 5.91 Å². The van der Waals surface area contributed by atoms with Gasteiger partial charge in [0.15, 0.2) is 0 Å². The van der Waals surface area contributed by atoms with Crippen LogP contribution in [0.2, 0.25) is 0 Å². The van der Waals surface area contributed by atoms with Crippen molar-refractivity contribution in [3.8, 4) is 0 Å². The quantitative estimate of drug-likeness (QED) is 0.870. The van der Waals surface area contributed by atoms with Crippen molar-refractivity contribution in [2.24, 2.45) is 5.92 Å². The molecule has 2 unspecified atom stereocenters. The van der Waals surface area contributed by atoms with Gasteiger partial charge in [-0.3, -0.25) is 9.59 Å². The first-order valence-electron chi connectivity index (χ1n) is 7.37. The van der Waals surface area contributed by atoms with Gasteiger partial charge >= 0.3 is 0 Å². The third kappa shape index (κ3) is 4.29. The zero-order valence-electron chi connectivity index (χ0n) is 12.3. The van der Waals surface area contributed by atoms with Crippen LogP contribution in [0.4, 0.5) is 0 Å². The van der Waals surface area contributed by atoms with Gasteiger partial charge < -0.3 is 15.3 Å². The first kappa shape index (κ1) is 15.5. The fourth-order valence-electron chi connectivity index (χ4n) is 2.49. The van der Waals surface area contributed by atoms with Crippen LogP contribution in [-0.2, 0) is 4.79 Å². The molecule has 0 radical (unpaired) electrons. The molecule has 5 nitrogen and oxygen atoms in total. The Morgan fingerprint density at radius 1 is 1.33 bits per heavy atom. The minimum absolute atomic E-state index is 0.0297. The molecule has 0 bridgehead atoms. The van der Waals surface area contributed by atoms with Crippen molar-refractivity contribution in [1.29, 1.82) is 0 Å². The number of hydrogen-bond acceptors (Lipinski definition) is 3. The van der Waals surface area contributed by atoms with E-state index in [1.165, 1.54) is 0 Å². The van der Waals surface area contributed by atoms with E-state index in [4.69, 9.17) is 0 Å². The number of likely N-dealkylation sites (tertiary alicyclic amines) is 1. The summed E-state index contributed by atoms with van der Waals surface area (Å²) >= 11 is 0. The monoisotopic (exact) mass is 290 g/mol. The third-order valence-corrected chi connectivity index (χ3v) is 3.87. The standard InChI is InChI=1S/C16H22N2O3/c1-12-11-18(10-8-14(12)19)15(20)7-9-17-16(21)13-5-3-2-4-6-13/h2-6,12,14,19H,7-11H2,1H3,(H,17,21). The van der Waals surface area contributed by atoms with E-state index in [1.54, 1.807) is 29.2 Å². The molecule has 0 saturated carbocycles. The van der Waals surface area contributed by atoms with Gasteiger partial charge in [-0.05, 0) is 24.5 Å². The topological polar surface area (TPSA) is 69.6 Å². The van der Waals surface area contributed by atoms with Crippen molar-refractivity contribution in [1.82, 2.24) is 10.2 Å². The SMILES string of the molecule is CC1CN(C(=O)CCNC(=O)c2ccccc2)CCC1O. The molecule has 21 heavy (non-hydrogen) atoms. The van der Waals surface area contributed by atoms with Crippen molar-refractivity contribution in [2.75, 3.05) is 19.6 Å². The second-order valence-corrected chi connectivity index (χ2v) is 5.54. The molecule has 1 heterocycles. The average Bonchev–Trinajstić information content (AvgIpc) is 2.50. The highest BCUT2D eigenvalue weighted by Crippen LogP contribution is 2.16. The Morgan fingerprint density at radius 3 is 2.71 bits per heavy atom. The van der Waals surface area contributed by atoms with E-state index >= 15 is 0 Å².